The number of para-hydroxylation sites is 1. The standard InChI is InChI=1S/C14H17N3O2/c1-9(6-7-13(15)18)16-14(19)12-8-10-4-2-3-5-11(10)17-12/h2-5,8-9,17H,6-7H2,1H3,(H2,15,18)(H,16,19). The van der Waals surface area contributed by atoms with Crippen LogP contribution in [0.2, 0.25) is 0 Å². The summed E-state index contributed by atoms with van der Waals surface area (Å²) >= 11 is 0. The summed E-state index contributed by atoms with van der Waals surface area (Å²) in [5.41, 5.74) is 6.52. The van der Waals surface area contributed by atoms with E-state index in [0.29, 0.717) is 12.1 Å². The second-order valence-corrected chi connectivity index (χ2v) is 4.65. The molecular weight excluding hydrogens is 242 g/mol. The number of nitrogens with two attached hydrogens (primary N) is 1. The quantitative estimate of drug-likeness (QED) is 0.760. The number of carbonyl (C=O) groups is 2. The van der Waals surface area contributed by atoms with Crippen molar-refractivity contribution < 1.29 is 9.59 Å². The molecule has 100 valence electrons. The van der Waals surface area contributed by atoms with E-state index in [9.17, 15) is 9.59 Å². The molecule has 1 aromatic carbocycles. The van der Waals surface area contributed by atoms with E-state index < -0.39 is 0 Å². The van der Waals surface area contributed by atoms with Crippen LogP contribution >= 0.6 is 0 Å². The van der Waals surface area contributed by atoms with Gasteiger partial charge < -0.3 is 16.0 Å². The van der Waals surface area contributed by atoms with Gasteiger partial charge in [0.1, 0.15) is 5.69 Å². The monoisotopic (exact) mass is 259 g/mol. The Balaban J connectivity index is 2.01. The SMILES string of the molecule is CC(CCC(N)=O)NC(=O)c1cc2ccccc2[nH]1. The number of rotatable bonds is 5. The highest BCUT2D eigenvalue weighted by molar-refractivity contribution is 5.98. The molecule has 1 heterocycles. The first-order chi connectivity index (χ1) is 9.06. The first-order valence-electron chi connectivity index (χ1n) is 6.23. The van der Waals surface area contributed by atoms with E-state index in [2.05, 4.69) is 10.3 Å². The van der Waals surface area contributed by atoms with Crippen LogP contribution in [-0.2, 0) is 4.79 Å². The molecule has 0 aliphatic rings. The molecule has 2 rings (SSSR count). The lowest BCUT2D eigenvalue weighted by Gasteiger charge is -2.11. The van der Waals surface area contributed by atoms with Crippen molar-refractivity contribution >= 4 is 22.7 Å². The smallest absolute Gasteiger partial charge is 0.267 e. The van der Waals surface area contributed by atoms with Crippen molar-refractivity contribution in [3.8, 4) is 0 Å². The Morgan fingerprint density at radius 1 is 1.37 bits per heavy atom. The van der Waals surface area contributed by atoms with Crippen LogP contribution in [0.3, 0.4) is 0 Å². The van der Waals surface area contributed by atoms with Crippen LogP contribution in [0.25, 0.3) is 10.9 Å². The highest BCUT2D eigenvalue weighted by atomic mass is 16.2. The van der Waals surface area contributed by atoms with Crippen LogP contribution in [0.4, 0.5) is 0 Å². The molecule has 5 nitrogen and oxygen atoms in total. The van der Waals surface area contributed by atoms with Crippen LogP contribution in [0, 0.1) is 0 Å². The molecule has 1 atom stereocenters. The number of hydrogen-bond donors (Lipinski definition) is 3. The normalized spacial score (nSPS) is 12.3. The fourth-order valence-corrected chi connectivity index (χ4v) is 1.93. The van der Waals surface area contributed by atoms with Crippen molar-refractivity contribution in [3.05, 3.63) is 36.0 Å². The number of hydrogen-bond acceptors (Lipinski definition) is 2. The van der Waals surface area contributed by atoms with E-state index in [1.54, 1.807) is 0 Å². The van der Waals surface area contributed by atoms with Crippen LogP contribution in [0.15, 0.2) is 30.3 Å². The van der Waals surface area contributed by atoms with Gasteiger partial charge in [-0.1, -0.05) is 18.2 Å². The first-order valence-corrected chi connectivity index (χ1v) is 6.23. The van der Waals surface area contributed by atoms with Crippen molar-refractivity contribution in [1.29, 1.82) is 0 Å². The molecule has 0 radical (unpaired) electrons. The summed E-state index contributed by atoms with van der Waals surface area (Å²) in [6.45, 7) is 1.85. The minimum atomic E-state index is -0.355. The van der Waals surface area contributed by atoms with Crippen molar-refractivity contribution in [2.24, 2.45) is 5.73 Å². The minimum Gasteiger partial charge on any atom is -0.370 e. The molecule has 2 aromatic rings. The Morgan fingerprint density at radius 2 is 2.11 bits per heavy atom. The number of benzene rings is 1. The van der Waals surface area contributed by atoms with E-state index in [1.807, 2.05) is 37.3 Å². The topological polar surface area (TPSA) is 88.0 Å². The average molecular weight is 259 g/mol. The molecule has 1 unspecified atom stereocenters. The highest BCUT2D eigenvalue weighted by Crippen LogP contribution is 2.14. The molecule has 0 aliphatic carbocycles. The van der Waals surface area contributed by atoms with Gasteiger partial charge in [-0.05, 0) is 25.5 Å². The summed E-state index contributed by atoms with van der Waals surface area (Å²) in [5, 5.41) is 3.83. The predicted molar refractivity (Wildman–Crippen MR) is 73.7 cm³/mol. The third-order valence-corrected chi connectivity index (χ3v) is 2.98. The number of amides is 2. The number of aromatic nitrogens is 1. The van der Waals surface area contributed by atoms with E-state index in [-0.39, 0.29) is 24.3 Å². The van der Waals surface area contributed by atoms with Crippen molar-refractivity contribution in [1.82, 2.24) is 10.3 Å². The Hall–Kier alpha value is -2.30. The molecule has 4 N–H and O–H groups in total. The fraction of sp³-hybridized carbons (Fsp3) is 0.286. The van der Waals surface area contributed by atoms with Crippen molar-refractivity contribution in [2.75, 3.05) is 0 Å². The molecule has 0 fully saturated rings. The summed E-state index contributed by atoms with van der Waals surface area (Å²) in [6.07, 6.45) is 0.815. The molecule has 0 saturated heterocycles. The second kappa shape index (κ2) is 5.56. The summed E-state index contributed by atoms with van der Waals surface area (Å²) in [6, 6.07) is 9.42. The molecule has 0 bridgehead atoms. The third kappa shape index (κ3) is 3.34. The number of H-pyrrole nitrogens is 1. The molecule has 0 saturated carbocycles. The lowest BCUT2D eigenvalue weighted by atomic mass is 10.1. The van der Waals surface area contributed by atoms with E-state index in [0.717, 1.165) is 10.9 Å². The lowest BCUT2D eigenvalue weighted by molar-refractivity contribution is -0.118. The van der Waals surface area contributed by atoms with E-state index in [4.69, 9.17) is 5.73 Å². The van der Waals surface area contributed by atoms with Crippen molar-refractivity contribution in [2.45, 2.75) is 25.8 Å². The Labute approximate surface area is 111 Å². The Kier molecular flexibility index (Phi) is 3.85. The van der Waals surface area contributed by atoms with Crippen molar-refractivity contribution in [3.63, 3.8) is 0 Å². The lowest BCUT2D eigenvalue weighted by Crippen LogP contribution is -2.33. The van der Waals surface area contributed by atoms with Gasteiger partial charge in [0.15, 0.2) is 0 Å². The highest BCUT2D eigenvalue weighted by Gasteiger charge is 2.12. The number of primary amides is 1. The molecule has 0 aliphatic heterocycles. The van der Waals surface area contributed by atoms with Gasteiger partial charge in [0.25, 0.3) is 5.91 Å². The zero-order valence-corrected chi connectivity index (χ0v) is 10.8. The number of fused-ring (bicyclic) bond motifs is 1. The maximum absolute atomic E-state index is 12.0. The van der Waals surface area contributed by atoms with Gasteiger partial charge in [0.05, 0.1) is 0 Å². The van der Waals surface area contributed by atoms with Crippen LogP contribution < -0.4 is 11.1 Å². The zero-order valence-electron chi connectivity index (χ0n) is 10.8. The molecule has 5 heteroatoms. The molecule has 1 aromatic heterocycles. The largest absolute Gasteiger partial charge is 0.370 e. The molecule has 0 spiro atoms. The van der Waals surface area contributed by atoms with Gasteiger partial charge >= 0.3 is 0 Å². The van der Waals surface area contributed by atoms with Crippen LogP contribution in [0.1, 0.15) is 30.3 Å². The van der Waals surface area contributed by atoms with Gasteiger partial charge in [-0.15, -0.1) is 0 Å². The van der Waals surface area contributed by atoms with Gasteiger partial charge in [0.2, 0.25) is 5.91 Å². The van der Waals surface area contributed by atoms with Gasteiger partial charge in [-0.3, -0.25) is 9.59 Å². The van der Waals surface area contributed by atoms with Gasteiger partial charge in [0, 0.05) is 23.4 Å². The van der Waals surface area contributed by atoms with E-state index >= 15 is 0 Å². The number of nitrogens with one attached hydrogen (secondary N) is 2. The number of aromatic amines is 1. The minimum absolute atomic E-state index is 0.0913. The summed E-state index contributed by atoms with van der Waals surface area (Å²) < 4.78 is 0. The molecule has 19 heavy (non-hydrogen) atoms. The van der Waals surface area contributed by atoms with Gasteiger partial charge in [-0.25, -0.2) is 0 Å². The summed E-state index contributed by atoms with van der Waals surface area (Å²) in [7, 11) is 0. The average Bonchev–Trinajstić information content (AvgIpc) is 2.80. The summed E-state index contributed by atoms with van der Waals surface area (Å²) in [4.78, 5) is 25.8. The van der Waals surface area contributed by atoms with Crippen LogP contribution in [0.5, 0.6) is 0 Å². The summed E-state index contributed by atoms with van der Waals surface area (Å²) in [5.74, 6) is -0.528. The number of carbonyl (C=O) groups excluding carboxylic acids is 2. The maximum atomic E-state index is 12.0. The first kappa shape index (κ1) is 13.1. The zero-order chi connectivity index (χ0) is 13.8. The molecular formula is C14H17N3O2. The van der Waals surface area contributed by atoms with Gasteiger partial charge in [-0.2, -0.15) is 0 Å². The Bertz CT molecular complexity index is 571. The maximum Gasteiger partial charge on any atom is 0.267 e. The fourth-order valence-electron chi connectivity index (χ4n) is 1.93. The second-order valence-electron chi connectivity index (χ2n) is 4.65. The Morgan fingerprint density at radius 3 is 2.79 bits per heavy atom. The van der Waals surface area contributed by atoms with E-state index in [1.165, 1.54) is 0 Å². The molecule has 2 amide bonds. The van der Waals surface area contributed by atoms with Crippen LogP contribution in [-0.4, -0.2) is 22.8 Å². The predicted octanol–water partition coefficient (Wildman–Crippen LogP) is 1.55. The third-order valence-electron chi connectivity index (χ3n) is 2.98.